The molecule has 5 heteroatoms. The molecule has 5 nitrogen and oxygen atoms in total. The Morgan fingerprint density at radius 2 is 1.90 bits per heavy atom. The molecule has 1 N–H and O–H groups in total. The molecule has 0 bridgehead atoms. The van der Waals surface area contributed by atoms with Crippen LogP contribution in [0.1, 0.15) is 55.3 Å². The lowest BCUT2D eigenvalue weighted by atomic mass is 9.83. The lowest BCUT2D eigenvalue weighted by molar-refractivity contribution is 0.409. The molecule has 1 aliphatic carbocycles. The zero-order valence-corrected chi connectivity index (χ0v) is 12.5. The van der Waals surface area contributed by atoms with E-state index in [1.807, 2.05) is 0 Å². The number of piperidine rings is 1. The Bertz CT molecular complexity index is 720. The Hall–Kier alpha value is -1.62. The van der Waals surface area contributed by atoms with Crippen molar-refractivity contribution >= 4 is 5.65 Å². The highest BCUT2D eigenvalue weighted by molar-refractivity contribution is 5.43. The first-order chi connectivity index (χ1) is 10.2. The average Bonchev–Trinajstić information content (AvgIpc) is 2.87. The molecule has 2 aromatic rings. The largest absolute Gasteiger partial charge is 0.333 e. The first-order valence-electron chi connectivity index (χ1n) is 8.04. The van der Waals surface area contributed by atoms with Crippen LogP contribution in [0.15, 0.2) is 16.9 Å². The fraction of sp³-hybridized carbons (Fsp3) is 0.625. The van der Waals surface area contributed by atoms with Gasteiger partial charge in [0.1, 0.15) is 5.65 Å². The number of hydrogen-bond acceptors (Lipinski definition) is 3. The summed E-state index contributed by atoms with van der Waals surface area (Å²) in [7, 11) is 2.07. The summed E-state index contributed by atoms with van der Waals surface area (Å²) in [5.74, 6) is 1.04. The topological polar surface area (TPSA) is 51.3 Å². The highest BCUT2D eigenvalue weighted by Crippen LogP contribution is 2.36. The molecule has 0 spiro atoms. The summed E-state index contributed by atoms with van der Waals surface area (Å²) in [5, 5.41) is 7.94. The number of rotatable bonds is 2. The van der Waals surface area contributed by atoms with Gasteiger partial charge in [-0.25, -0.2) is 0 Å². The predicted octanol–water partition coefficient (Wildman–Crippen LogP) is 1.77. The third-order valence-corrected chi connectivity index (χ3v) is 5.20. The molecule has 21 heavy (non-hydrogen) atoms. The molecule has 2 fully saturated rings. The molecule has 0 atom stereocenters. The minimum Gasteiger partial charge on any atom is -0.333 e. The van der Waals surface area contributed by atoms with Crippen molar-refractivity contribution in [3.05, 3.63) is 33.9 Å². The summed E-state index contributed by atoms with van der Waals surface area (Å²) in [6.45, 7) is 2.08. The van der Waals surface area contributed by atoms with Gasteiger partial charge in [-0.05, 0) is 38.8 Å². The highest BCUT2D eigenvalue weighted by Gasteiger charge is 2.24. The number of fused-ring (bicyclic) bond motifs is 1. The fourth-order valence-electron chi connectivity index (χ4n) is 3.62. The summed E-state index contributed by atoms with van der Waals surface area (Å²) >= 11 is 0. The molecule has 112 valence electrons. The Morgan fingerprint density at radius 3 is 2.57 bits per heavy atom. The fourth-order valence-corrected chi connectivity index (χ4v) is 3.62. The van der Waals surface area contributed by atoms with Crippen LogP contribution in [0.5, 0.6) is 0 Å². The van der Waals surface area contributed by atoms with E-state index < -0.39 is 0 Å². The van der Waals surface area contributed by atoms with E-state index in [-0.39, 0.29) is 5.56 Å². The summed E-state index contributed by atoms with van der Waals surface area (Å²) in [5.41, 5.74) is 3.21. The van der Waals surface area contributed by atoms with Crippen LogP contribution in [0.2, 0.25) is 0 Å². The molecule has 1 saturated heterocycles. The lowest BCUT2D eigenvalue weighted by Gasteiger charge is -2.25. The van der Waals surface area contributed by atoms with Gasteiger partial charge in [-0.1, -0.05) is 6.42 Å². The highest BCUT2D eigenvalue weighted by atomic mass is 16.1. The zero-order chi connectivity index (χ0) is 14.4. The van der Waals surface area contributed by atoms with Crippen molar-refractivity contribution in [2.45, 2.75) is 43.9 Å². The first-order valence-corrected chi connectivity index (χ1v) is 8.04. The van der Waals surface area contributed by atoms with E-state index in [0.29, 0.717) is 11.8 Å². The summed E-state index contributed by atoms with van der Waals surface area (Å²) in [6, 6.07) is 3.91. The van der Waals surface area contributed by atoms with Crippen molar-refractivity contribution in [3.63, 3.8) is 0 Å². The maximum absolute atomic E-state index is 12.4. The van der Waals surface area contributed by atoms with Crippen LogP contribution in [0.3, 0.4) is 0 Å². The second-order valence-electron chi connectivity index (χ2n) is 6.46. The number of nitrogens with zero attached hydrogens (tertiary/aromatic N) is 3. The monoisotopic (exact) mass is 286 g/mol. The van der Waals surface area contributed by atoms with Crippen LogP contribution >= 0.6 is 0 Å². The van der Waals surface area contributed by atoms with Crippen LogP contribution in [0.25, 0.3) is 5.65 Å². The van der Waals surface area contributed by atoms with E-state index in [2.05, 4.69) is 28.1 Å². The van der Waals surface area contributed by atoms with Gasteiger partial charge in [0.2, 0.25) is 0 Å². The van der Waals surface area contributed by atoms with Crippen LogP contribution in [-0.4, -0.2) is 27.3 Å². The summed E-state index contributed by atoms with van der Waals surface area (Å²) in [4.78, 5) is 12.4. The van der Waals surface area contributed by atoms with E-state index >= 15 is 0 Å². The van der Waals surface area contributed by atoms with Crippen molar-refractivity contribution in [1.82, 2.24) is 19.5 Å². The molecule has 2 aromatic heterocycles. The SMILES string of the molecule is Cn1c(C2CCNCC2)cc(=O)n2nc(C3CCC3)cc12. The van der Waals surface area contributed by atoms with Crippen LogP contribution in [-0.2, 0) is 7.05 Å². The number of aromatic nitrogens is 3. The maximum Gasteiger partial charge on any atom is 0.274 e. The molecule has 0 radical (unpaired) electrons. The third kappa shape index (κ3) is 2.11. The van der Waals surface area contributed by atoms with Crippen molar-refractivity contribution in [1.29, 1.82) is 0 Å². The second-order valence-corrected chi connectivity index (χ2v) is 6.46. The van der Waals surface area contributed by atoms with Gasteiger partial charge in [-0.15, -0.1) is 0 Å². The molecule has 2 aliphatic rings. The van der Waals surface area contributed by atoms with E-state index in [9.17, 15) is 4.79 Å². The molecular formula is C16H22N4O. The molecule has 1 aliphatic heterocycles. The molecular weight excluding hydrogens is 264 g/mol. The average molecular weight is 286 g/mol. The van der Waals surface area contributed by atoms with Crippen LogP contribution in [0, 0.1) is 0 Å². The Labute approximate surface area is 124 Å². The molecule has 1 saturated carbocycles. The number of hydrogen-bond donors (Lipinski definition) is 1. The standard InChI is InChI=1S/C16H22N4O/c1-19-14(12-5-7-17-8-6-12)10-16(21)20-15(19)9-13(18-20)11-3-2-4-11/h9-12,17H,2-8H2,1H3. The van der Waals surface area contributed by atoms with Crippen molar-refractivity contribution in [2.75, 3.05) is 13.1 Å². The minimum atomic E-state index is 0.0159. The van der Waals surface area contributed by atoms with E-state index in [1.165, 1.54) is 19.3 Å². The molecule has 3 heterocycles. The van der Waals surface area contributed by atoms with Crippen molar-refractivity contribution in [2.24, 2.45) is 7.05 Å². The first kappa shape index (κ1) is 13.1. The van der Waals surface area contributed by atoms with Crippen LogP contribution < -0.4 is 10.9 Å². The van der Waals surface area contributed by atoms with E-state index in [1.54, 1.807) is 10.6 Å². The zero-order valence-electron chi connectivity index (χ0n) is 12.5. The van der Waals surface area contributed by atoms with Crippen molar-refractivity contribution < 1.29 is 0 Å². The molecule has 4 rings (SSSR count). The number of nitrogens with one attached hydrogen (secondary N) is 1. The Kier molecular flexibility index (Phi) is 3.10. The molecule has 0 amide bonds. The van der Waals surface area contributed by atoms with Gasteiger partial charge in [0.05, 0.1) is 5.69 Å². The Morgan fingerprint density at radius 1 is 1.14 bits per heavy atom. The third-order valence-electron chi connectivity index (χ3n) is 5.20. The van der Waals surface area contributed by atoms with Gasteiger partial charge >= 0.3 is 0 Å². The number of aryl methyl sites for hydroxylation is 1. The van der Waals surface area contributed by atoms with Gasteiger partial charge in [0.25, 0.3) is 5.56 Å². The molecule has 0 unspecified atom stereocenters. The quantitative estimate of drug-likeness (QED) is 0.915. The lowest BCUT2D eigenvalue weighted by Crippen LogP contribution is -2.29. The van der Waals surface area contributed by atoms with Gasteiger partial charge in [-0.2, -0.15) is 9.61 Å². The van der Waals surface area contributed by atoms with Crippen molar-refractivity contribution in [3.8, 4) is 0 Å². The van der Waals surface area contributed by atoms with Gasteiger partial charge < -0.3 is 9.88 Å². The predicted molar refractivity (Wildman–Crippen MR) is 81.9 cm³/mol. The van der Waals surface area contributed by atoms with Crippen LogP contribution in [0.4, 0.5) is 0 Å². The maximum atomic E-state index is 12.4. The summed E-state index contributed by atoms with van der Waals surface area (Å²) in [6.07, 6.45) is 5.92. The van der Waals surface area contributed by atoms with E-state index in [4.69, 9.17) is 0 Å². The van der Waals surface area contributed by atoms with Gasteiger partial charge in [-0.3, -0.25) is 4.79 Å². The summed E-state index contributed by atoms with van der Waals surface area (Å²) < 4.78 is 3.75. The normalized spacial score (nSPS) is 20.8. The van der Waals surface area contributed by atoms with Gasteiger partial charge in [0.15, 0.2) is 0 Å². The van der Waals surface area contributed by atoms with Gasteiger partial charge in [0, 0.05) is 36.7 Å². The smallest absolute Gasteiger partial charge is 0.274 e. The van der Waals surface area contributed by atoms with E-state index in [0.717, 1.165) is 43.0 Å². The molecule has 0 aromatic carbocycles. The minimum absolute atomic E-state index is 0.0159. The second kappa shape index (κ2) is 4.98. The Balaban J connectivity index is 1.81.